The van der Waals surface area contributed by atoms with E-state index in [4.69, 9.17) is 0 Å². The molecule has 2 N–H and O–H groups in total. The molecule has 26 heavy (non-hydrogen) atoms. The van der Waals surface area contributed by atoms with Crippen LogP contribution in [0.2, 0.25) is 0 Å². The molecule has 6 nitrogen and oxygen atoms in total. The molecular formula is C20H34O6. The maximum Gasteiger partial charge on any atom is 0.148 e. The third-order valence-corrected chi connectivity index (χ3v) is 5.52. The third-order valence-electron chi connectivity index (χ3n) is 5.52. The molecule has 3 unspecified atom stereocenters. The van der Waals surface area contributed by atoms with E-state index < -0.39 is 41.8 Å². The fraction of sp³-hybridized carbons (Fsp3) is 0.800. The molecule has 150 valence electrons. The van der Waals surface area contributed by atoms with E-state index in [9.17, 15) is 29.4 Å². The van der Waals surface area contributed by atoms with Crippen molar-refractivity contribution in [2.24, 2.45) is 29.6 Å². The van der Waals surface area contributed by atoms with Crippen LogP contribution in [0.1, 0.15) is 61.3 Å². The SMILES string of the molecule is CCC(=O)C(C)C(=O)[C@@H](C)[C@H](O)C(C)[C@@H](O)[C@@H](C)C(=O)C(C)C(=O)CC. The summed E-state index contributed by atoms with van der Waals surface area (Å²) >= 11 is 0. The quantitative estimate of drug-likeness (QED) is 0.509. The van der Waals surface area contributed by atoms with Crippen LogP contribution in [0.5, 0.6) is 0 Å². The molecule has 0 aromatic rings. The molecule has 7 atom stereocenters. The number of carbonyl (C=O) groups is 4. The van der Waals surface area contributed by atoms with E-state index in [-0.39, 0.29) is 36.0 Å². The Morgan fingerprint density at radius 1 is 0.654 bits per heavy atom. The lowest BCUT2D eigenvalue weighted by Crippen LogP contribution is -2.44. The van der Waals surface area contributed by atoms with E-state index >= 15 is 0 Å². The molecule has 6 heteroatoms. The fourth-order valence-electron chi connectivity index (χ4n) is 3.17. The zero-order chi connectivity index (χ0) is 20.8. The van der Waals surface area contributed by atoms with Crippen molar-refractivity contribution in [1.29, 1.82) is 0 Å². The van der Waals surface area contributed by atoms with Crippen LogP contribution in [-0.2, 0) is 19.2 Å². The van der Waals surface area contributed by atoms with E-state index in [1.807, 2.05) is 0 Å². The highest BCUT2D eigenvalue weighted by molar-refractivity contribution is 6.03. The van der Waals surface area contributed by atoms with Crippen LogP contribution in [0.3, 0.4) is 0 Å². The predicted octanol–water partition coefficient (Wildman–Crippen LogP) is 1.99. The van der Waals surface area contributed by atoms with Crippen molar-refractivity contribution in [2.75, 3.05) is 0 Å². The van der Waals surface area contributed by atoms with Gasteiger partial charge in [0.15, 0.2) is 0 Å². The number of carbonyl (C=O) groups excluding carboxylic acids is 4. The molecule has 0 amide bonds. The molecular weight excluding hydrogens is 336 g/mol. The molecule has 0 rings (SSSR count). The first-order valence-electron chi connectivity index (χ1n) is 9.41. The van der Waals surface area contributed by atoms with Crippen LogP contribution >= 0.6 is 0 Å². The molecule has 0 bridgehead atoms. The maximum absolute atomic E-state index is 12.4. The van der Waals surface area contributed by atoms with Crippen molar-refractivity contribution in [1.82, 2.24) is 0 Å². The number of rotatable bonds is 12. The van der Waals surface area contributed by atoms with Crippen molar-refractivity contribution in [3.05, 3.63) is 0 Å². The number of aliphatic hydroxyl groups is 2. The standard InChI is InChI=1S/C20H34O6/c1-8-15(21)10(3)17(23)12(5)19(25)14(7)20(26)13(6)18(24)11(4)16(22)9-2/h10-14,19-20,25-26H,8-9H2,1-7H3/t10?,11?,12-,13+,14?,19-,20-/m0/s1. The topological polar surface area (TPSA) is 109 Å². The van der Waals surface area contributed by atoms with Crippen LogP contribution in [0.4, 0.5) is 0 Å². The van der Waals surface area contributed by atoms with Crippen molar-refractivity contribution >= 4 is 23.1 Å². The molecule has 0 aromatic heterocycles. The molecule has 0 heterocycles. The summed E-state index contributed by atoms with van der Waals surface area (Å²) in [4.78, 5) is 48.2. The van der Waals surface area contributed by atoms with Gasteiger partial charge >= 0.3 is 0 Å². The zero-order valence-electron chi connectivity index (χ0n) is 17.0. The molecule has 0 saturated carbocycles. The zero-order valence-corrected chi connectivity index (χ0v) is 17.0. The van der Waals surface area contributed by atoms with Crippen molar-refractivity contribution in [3.8, 4) is 0 Å². The van der Waals surface area contributed by atoms with Gasteiger partial charge in [-0.2, -0.15) is 0 Å². The van der Waals surface area contributed by atoms with Gasteiger partial charge in [0.1, 0.15) is 23.1 Å². The summed E-state index contributed by atoms with van der Waals surface area (Å²) in [5.74, 6) is -5.22. The molecule has 0 aliphatic rings. The lowest BCUT2D eigenvalue weighted by Gasteiger charge is -2.32. The highest BCUT2D eigenvalue weighted by Crippen LogP contribution is 2.26. The smallest absolute Gasteiger partial charge is 0.148 e. The first-order valence-corrected chi connectivity index (χ1v) is 9.41. The lowest BCUT2D eigenvalue weighted by molar-refractivity contribution is -0.139. The van der Waals surface area contributed by atoms with Gasteiger partial charge in [0, 0.05) is 30.6 Å². The van der Waals surface area contributed by atoms with Gasteiger partial charge in [-0.3, -0.25) is 19.2 Å². The highest BCUT2D eigenvalue weighted by atomic mass is 16.3. The maximum atomic E-state index is 12.4. The van der Waals surface area contributed by atoms with Gasteiger partial charge in [-0.1, -0.05) is 34.6 Å². The minimum absolute atomic E-state index is 0.197. The van der Waals surface area contributed by atoms with E-state index in [1.54, 1.807) is 20.8 Å². The van der Waals surface area contributed by atoms with Crippen molar-refractivity contribution in [3.63, 3.8) is 0 Å². The number of Topliss-reactive ketones (excluding diaryl/α,β-unsaturated/α-hetero) is 4. The van der Waals surface area contributed by atoms with Crippen LogP contribution < -0.4 is 0 Å². The molecule has 0 spiro atoms. The van der Waals surface area contributed by atoms with Crippen LogP contribution in [0.25, 0.3) is 0 Å². The average Bonchev–Trinajstić information content (AvgIpc) is 2.66. The monoisotopic (exact) mass is 370 g/mol. The largest absolute Gasteiger partial charge is 0.392 e. The van der Waals surface area contributed by atoms with Crippen LogP contribution in [-0.4, -0.2) is 45.6 Å². The van der Waals surface area contributed by atoms with E-state index in [2.05, 4.69) is 0 Å². The molecule has 0 fully saturated rings. The van der Waals surface area contributed by atoms with Gasteiger partial charge < -0.3 is 10.2 Å². The van der Waals surface area contributed by atoms with Gasteiger partial charge in [0.2, 0.25) is 0 Å². The second-order valence-corrected chi connectivity index (χ2v) is 7.31. The summed E-state index contributed by atoms with van der Waals surface area (Å²) in [5.41, 5.74) is 0. The molecule has 0 saturated heterocycles. The Morgan fingerprint density at radius 2 is 0.923 bits per heavy atom. The minimum Gasteiger partial charge on any atom is -0.392 e. The Hall–Kier alpha value is -1.40. The van der Waals surface area contributed by atoms with Gasteiger partial charge in [0.25, 0.3) is 0 Å². The van der Waals surface area contributed by atoms with E-state index in [1.165, 1.54) is 27.7 Å². The Balaban J connectivity index is 5.12. The summed E-state index contributed by atoms with van der Waals surface area (Å²) in [6, 6.07) is 0. The molecule has 0 aliphatic carbocycles. The second kappa shape index (κ2) is 10.7. The minimum atomic E-state index is -1.20. The Labute approximate surface area is 156 Å². The van der Waals surface area contributed by atoms with Crippen LogP contribution in [0.15, 0.2) is 0 Å². The Kier molecular flexibility index (Phi) is 10.1. The molecule has 0 radical (unpaired) electrons. The molecule has 0 aliphatic heterocycles. The summed E-state index contributed by atoms with van der Waals surface area (Å²) in [5, 5.41) is 21.0. The van der Waals surface area contributed by atoms with Gasteiger partial charge in [-0.15, -0.1) is 0 Å². The van der Waals surface area contributed by atoms with Crippen molar-refractivity contribution in [2.45, 2.75) is 73.5 Å². The first kappa shape index (κ1) is 24.6. The fourth-order valence-corrected chi connectivity index (χ4v) is 3.17. The summed E-state index contributed by atoms with van der Waals surface area (Å²) in [7, 11) is 0. The first-order chi connectivity index (χ1) is 11.9. The highest BCUT2D eigenvalue weighted by Gasteiger charge is 2.38. The summed E-state index contributed by atoms with van der Waals surface area (Å²) in [6.07, 6.45) is -1.92. The normalized spacial score (nSPS) is 19.6. The van der Waals surface area contributed by atoms with Gasteiger partial charge in [0.05, 0.1) is 24.0 Å². The van der Waals surface area contributed by atoms with Crippen molar-refractivity contribution < 1.29 is 29.4 Å². The molecule has 0 aromatic carbocycles. The predicted molar refractivity (Wildman–Crippen MR) is 98.4 cm³/mol. The number of ketones is 4. The number of hydrogen-bond acceptors (Lipinski definition) is 6. The number of hydrogen-bond donors (Lipinski definition) is 2. The van der Waals surface area contributed by atoms with Crippen LogP contribution in [0, 0.1) is 29.6 Å². The lowest BCUT2D eigenvalue weighted by atomic mass is 9.77. The second-order valence-electron chi connectivity index (χ2n) is 7.31. The summed E-state index contributed by atoms with van der Waals surface area (Å²) in [6.45, 7) is 11.0. The van der Waals surface area contributed by atoms with E-state index in [0.29, 0.717) is 0 Å². The summed E-state index contributed by atoms with van der Waals surface area (Å²) < 4.78 is 0. The van der Waals surface area contributed by atoms with Gasteiger partial charge in [-0.25, -0.2) is 0 Å². The van der Waals surface area contributed by atoms with Gasteiger partial charge in [-0.05, 0) is 13.8 Å². The van der Waals surface area contributed by atoms with E-state index in [0.717, 1.165) is 0 Å². The third kappa shape index (κ3) is 5.81. The average molecular weight is 370 g/mol. The Morgan fingerprint density at radius 3 is 1.15 bits per heavy atom. The number of aliphatic hydroxyl groups excluding tert-OH is 2. The Bertz CT molecular complexity index is 480.